The number of aromatic amines is 1. The maximum atomic E-state index is 13.6. The number of hydrogen-bond donors (Lipinski definition) is 5. The molecule has 0 unspecified atom stereocenters. The van der Waals surface area contributed by atoms with Crippen molar-refractivity contribution in [3.8, 4) is 11.3 Å². The molecule has 0 saturated carbocycles. The second-order valence-electron chi connectivity index (χ2n) is 10.6. The number of carbonyl (C=O) groups is 2. The Kier molecular flexibility index (Phi) is 9.63. The molecule has 9 nitrogen and oxygen atoms in total. The zero-order valence-corrected chi connectivity index (χ0v) is 23.8. The number of benzene rings is 3. The van der Waals surface area contributed by atoms with Gasteiger partial charge in [0, 0.05) is 61.3 Å². The summed E-state index contributed by atoms with van der Waals surface area (Å²) in [6.07, 6.45) is 2.73. The van der Waals surface area contributed by atoms with Gasteiger partial charge in [-0.25, -0.2) is 0 Å². The highest BCUT2D eigenvalue weighted by molar-refractivity contribution is 6.00. The molecule has 1 aliphatic rings. The molecule has 0 aliphatic carbocycles. The average Bonchev–Trinajstić information content (AvgIpc) is 3.70. The van der Waals surface area contributed by atoms with Gasteiger partial charge >= 0.3 is 0 Å². The maximum absolute atomic E-state index is 13.6. The van der Waals surface area contributed by atoms with E-state index < -0.39 is 12.1 Å². The normalized spacial score (nSPS) is 14.5. The third kappa shape index (κ3) is 7.43. The topological polar surface area (TPSA) is 122 Å². The molecule has 1 aromatic heterocycles. The Labute approximate surface area is 246 Å². The highest BCUT2D eigenvalue weighted by atomic mass is 16.3. The lowest BCUT2D eigenvalue weighted by Crippen LogP contribution is -2.48. The molecular formula is C33H38N6O3. The molecule has 1 fully saturated rings. The van der Waals surface area contributed by atoms with Crippen molar-refractivity contribution < 1.29 is 14.7 Å². The van der Waals surface area contributed by atoms with Crippen LogP contribution in [0.3, 0.4) is 0 Å². The summed E-state index contributed by atoms with van der Waals surface area (Å²) in [7, 11) is 0. The second kappa shape index (κ2) is 13.9. The molecule has 2 atom stereocenters. The van der Waals surface area contributed by atoms with Crippen molar-refractivity contribution in [1.82, 2.24) is 20.8 Å². The molecule has 0 bridgehead atoms. The Balaban J connectivity index is 1.29. The number of nitrogens with zero attached hydrogens (tertiary/aromatic N) is 2. The fourth-order valence-corrected chi connectivity index (χ4v) is 5.30. The van der Waals surface area contributed by atoms with Gasteiger partial charge in [-0.1, -0.05) is 48.5 Å². The Morgan fingerprint density at radius 1 is 1.05 bits per heavy atom. The van der Waals surface area contributed by atoms with Crippen LogP contribution in [0.5, 0.6) is 0 Å². The van der Waals surface area contributed by atoms with Crippen LogP contribution in [0.15, 0.2) is 85.1 Å². The first kappa shape index (κ1) is 29.0. The molecule has 5 rings (SSSR count). The molecule has 2 heterocycles. The number of nitrogens with one attached hydrogen (secondary N) is 4. The lowest BCUT2D eigenvalue weighted by Gasteiger charge is -2.25. The molecule has 0 radical (unpaired) electrons. The quantitative estimate of drug-likeness (QED) is 0.166. The number of aliphatic hydroxyl groups is 1. The maximum Gasteiger partial charge on any atom is 0.251 e. The zero-order valence-electron chi connectivity index (χ0n) is 23.8. The fraction of sp³-hybridized carbons (Fsp3) is 0.303. The van der Waals surface area contributed by atoms with E-state index in [-0.39, 0.29) is 18.4 Å². The number of hydrogen-bond acceptors (Lipinski definition) is 6. The highest BCUT2D eigenvalue weighted by Crippen LogP contribution is 2.27. The van der Waals surface area contributed by atoms with Gasteiger partial charge in [0.2, 0.25) is 5.91 Å². The zero-order chi connectivity index (χ0) is 29.3. The highest BCUT2D eigenvalue weighted by Gasteiger charge is 2.26. The molecule has 1 aliphatic heterocycles. The first-order valence-corrected chi connectivity index (χ1v) is 14.5. The number of carbonyl (C=O) groups excluding carboxylic acids is 2. The van der Waals surface area contributed by atoms with Crippen LogP contribution in [-0.2, 0) is 17.8 Å². The predicted octanol–water partition coefficient (Wildman–Crippen LogP) is 4.13. The molecule has 218 valence electrons. The minimum Gasteiger partial charge on any atom is -0.390 e. The van der Waals surface area contributed by atoms with Gasteiger partial charge in [-0.05, 0) is 61.2 Å². The van der Waals surface area contributed by atoms with Crippen LogP contribution in [0, 0.1) is 0 Å². The van der Waals surface area contributed by atoms with Gasteiger partial charge in [0.05, 0.1) is 17.8 Å². The van der Waals surface area contributed by atoms with E-state index in [1.165, 1.54) is 0 Å². The Hall–Kier alpha value is -4.47. The van der Waals surface area contributed by atoms with Crippen LogP contribution in [0.1, 0.15) is 41.3 Å². The molecule has 2 amide bonds. The van der Waals surface area contributed by atoms with Crippen molar-refractivity contribution in [1.29, 1.82) is 0 Å². The molecule has 9 heteroatoms. The van der Waals surface area contributed by atoms with E-state index in [2.05, 4.69) is 32.2 Å². The summed E-state index contributed by atoms with van der Waals surface area (Å²) in [5.41, 5.74) is 5.89. The van der Waals surface area contributed by atoms with Crippen molar-refractivity contribution >= 4 is 23.2 Å². The van der Waals surface area contributed by atoms with Gasteiger partial charge < -0.3 is 26.0 Å². The van der Waals surface area contributed by atoms with E-state index in [4.69, 9.17) is 0 Å². The van der Waals surface area contributed by atoms with Gasteiger partial charge in [0.25, 0.3) is 5.91 Å². The number of aromatic nitrogens is 2. The standard InChI is InChI=1S/C33H38N6O3/c1-2-35-27-18-26(19-28(20-27)39-15-7-12-32(39)41)33(42)37-30(17-23-8-4-3-5-9-23)31(40)22-34-21-24-10-6-11-25(16-24)29-13-14-36-38-29/h3-6,8-11,13-14,16,18-20,30-31,34-35,40H,2,7,12,15,17,21-22H2,1H3,(H,36,38)(H,37,42)/t30-,31-/m0/s1. The van der Waals surface area contributed by atoms with E-state index in [0.717, 1.165) is 34.5 Å². The van der Waals surface area contributed by atoms with Gasteiger partial charge in [0.1, 0.15) is 0 Å². The molecule has 3 aromatic carbocycles. The molecule has 42 heavy (non-hydrogen) atoms. The number of amides is 2. The van der Waals surface area contributed by atoms with Crippen LogP contribution < -0.4 is 20.9 Å². The average molecular weight is 567 g/mol. The minimum atomic E-state index is -0.847. The Bertz CT molecular complexity index is 1470. The number of anilines is 2. The fourth-order valence-electron chi connectivity index (χ4n) is 5.30. The van der Waals surface area contributed by atoms with E-state index >= 15 is 0 Å². The summed E-state index contributed by atoms with van der Waals surface area (Å²) in [6, 6.07) is 24.8. The van der Waals surface area contributed by atoms with E-state index in [1.807, 2.05) is 67.6 Å². The van der Waals surface area contributed by atoms with Crippen LogP contribution in [0.25, 0.3) is 11.3 Å². The van der Waals surface area contributed by atoms with Crippen molar-refractivity contribution in [3.63, 3.8) is 0 Å². The lowest BCUT2D eigenvalue weighted by molar-refractivity contribution is -0.117. The van der Waals surface area contributed by atoms with E-state index in [0.29, 0.717) is 43.7 Å². The van der Waals surface area contributed by atoms with Gasteiger partial charge in [-0.15, -0.1) is 0 Å². The van der Waals surface area contributed by atoms with Crippen LogP contribution >= 0.6 is 0 Å². The van der Waals surface area contributed by atoms with Crippen LogP contribution in [0.4, 0.5) is 11.4 Å². The molecular weight excluding hydrogens is 528 g/mol. The summed E-state index contributed by atoms with van der Waals surface area (Å²) >= 11 is 0. The van der Waals surface area contributed by atoms with Crippen molar-refractivity contribution in [2.24, 2.45) is 0 Å². The first-order chi connectivity index (χ1) is 20.5. The smallest absolute Gasteiger partial charge is 0.251 e. The minimum absolute atomic E-state index is 0.0633. The Morgan fingerprint density at radius 3 is 2.62 bits per heavy atom. The third-order valence-electron chi connectivity index (χ3n) is 7.43. The summed E-state index contributed by atoms with van der Waals surface area (Å²) < 4.78 is 0. The molecule has 5 N–H and O–H groups in total. The summed E-state index contributed by atoms with van der Waals surface area (Å²) in [5.74, 6) is -0.234. The van der Waals surface area contributed by atoms with Crippen molar-refractivity contribution in [2.75, 3.05) is 29.9 Å². The summed E-state index contributed by atoms with van der Waals surface area (Å²) in [5, 5.41) is 28.1. The predicted molar refractivity (Wildman–Crippen MR) is 165 cm³/mol. The third-order valence-corrected chi connectivity index (χ3v) is 7.43. The number of aliphatic hydroxyl groups excluding tert-OH is 1. The molecule has 4 aromatic rings. The summed E-state index contributed by atoms with van der Waals surface area (Å²) in [4.78, 5) is 27.8. The number of H-pyrrole nitrogens is 1. The monoisotopic (exact) mass is 566 g/mol. The largest absolute Gasteiger partial charge is 0.390 e. The Morgan fingerprint density at radius 2 is 1.88 bits per heavy atom. The molecule has 0 spiro atoms. The van der Waals surface area contributed by atoms with E-state index in [9.17, 15) is 14.7 Å². The van der Waals surface area contributed by atoms with Crippen LogP contribution in [0.2, 0.25) is 0 Å². The molecule has 1 saturated heterocycles. The van der Waals surface area contributed by atoms with Gasteiger partial charge in [0.15, 0.2) is 0 Å². The van der Waals surface area contributed by atoms with Gasteiger partial charge in [-0.3, -0.25) is 14.7 Å². The van der Waals surface area contributed by atoms with E-state index in [1.54, 1.807) is 23.2 Å². The second-order valence-corrected chi connectivity index (χ2v) is 10.6. The number of rotatable bonds is 13. The van der Waals surface area contributed by atoms with Crippen molar-refractivity contribution in [3.05, 3.63) is 102 Å². The SMILES string of the molecule is CCNc1cc(C(=O)N[C@@H](Cc2ccccc2)[C@@H](O)CNCc2cccc(-c3cc[nH]n3)c2)cc(N2CCCC2=O)c1. The first-order valence-electron chi connectivity index (χ1n) is 14.5. The van der Waals surface area contributed by atoms with Crippen LogP contribution in [-0.4, -0.2) is 58.9 Å². The van der Waals surface area contributed by atoms with Gasteiger partial charge in [-0.2, -0.15) is 5.10 Å². The summed E-state index contributed by atoms with van der Waals surface area (Å²) in [6.45, 7) is 4.15. The lowest BCUT2D eigenvalue weighted by atomic mass is 10.00. The van der Waals surface area contributed by atoms with Crippen molar-refractivity contribution in [2.45, 2.75) is 44.9 Å².